The van der Waals surface area contributed by atoms with Crippen molar-refractivity contribution in [3.63, 3.8) is 0 Å². The molecule has 0 nitrogen and oxygen atoms in total. The molecule has 1 aliphatic carbocycles. The van der Waals surface area contributed by atoms with Crippen molar-refractivity contribution in [2.24, 2.45) is 0 Å². The first-order chi connectivity index (χ1) is 7.22. The Hall–Kier alpha value is -1.04. The normalized spacial score (nSPS) is 18.2. The highest BCUT2D eigenvalue weighted by molar-refractivity contribution is 5.64. The van der Waals surface area contributed by atoms with Gasteiger partial charge in [-0.15, -0.1) is 0 Å². The van der Waals surface area contributed by atoms with E-state index in [0.29, 0.717) is 5.92 Å². The van der Waals surface area contributed by atoms with Crippen molar-refractivity contribution in [2.45, 2.75) is 46.0 Å². The molecule has 0 heterocycles. The molecular formula is C15H20. The zero-order chi connectivity index (χ0) is 10.8. The number of aryl methyl sites for hydroxylation is 2. The average Bonchev–Trinajstić information content (AvgIpc) is 2.59. The molecule has 1 unspecified atom stereocenters. The summed E-state index contributed by atoms with van der Waals surface area (Å²) in [5.74, 6) is 0.680. The van der Waals surface area contributed by atoms with E-state index in [1.165, 1.54) is 36.0 Å². The fraction of sp³-hybridized carbons (Fsp3) is 0.467. The van der Waals surface area contributed by atoms with E-state index in [1.807, 2.05) is 0 Å². The number of allylic oxidation sites excluding steroid dienone is 1. The number of benzene rings is 1. The van der Waals surface area contributed by atoms with E-state index in [2.05, 4.69) is 45.1 Å². The molecule has 0 aliphatic heterocycles. The lowest BCUT2D eigenvalue weighted by Crippen LogP contribution is -1.95. The Morgan fingerprint density at radius 1 is 1.13 bits per heavy atom. The zero-order valence-electron chi connectivity index (χ0n) is 10.0. The van der Waals surface area contributed by atoms with E-state index in [-0.39, 0.29) is 0 Å². The van der Waals surface area contributed by atoms with Gasteiger partial charge in [-0.3, -0.25) is 0 Å². The van der Waals surface area contributed by atoms with Crippen LogP contribution in [0.2, 0.25) is 0 Å². The van der Waals surface area contributed by atoms with Gasteiger partial charge < -0.3 is 0 Å². The second kappa shape index (κ2) is 4.22. The number of hydrogen-bond donors (Lipinski definition) is 0. The molecule has 1 aromatic carbocycles. The number of fused-ring (bicyclic) bond motifs is 1. The van der Waals surface area contributed by atoms with Crippen molar-refractivity contribution in [1.82, 2.24) is 0 Å². The topological polar surface area (TPSA) is 0 Å². The van der Waals surface area contributed by atoms with Crippen LogP contribution in [-0.2, 0) is 0 Å². The number of unbranched alkanes of at least 4 members (excludes halogenated alkanes) is 1. The summed E-state index contributed by atoms with van der Waals surface area (Å²) in [6, 6.07) is 4.71. The van der Waals surface area contributed by atoms with Gasteiger partial charge in [0.15, 0.2) is 0 Å². The second-order valence-electron chi connectivity index (χ2n) is 4.67. The molecule has 1 atom stereocenters. The van der Waals surface area contributed by atoms with Gasteiger partial charge in [0, 0.05) is 5.92 Å². The maximum absolute atomic E-state index is 2.38. The van der Waals surface area contributed by atoms with E-state index >= 15 is 0 Å². The summed E-state index contributed by atoms with van der Waals surface area (Å²) in [6.45, 7) is 6.67. The summed E-state index contributed by atoms with van der Waals surface area (Å²) < 4.78 is 0. The molecule has 0 aromatic heterocycles. The van der Waals surface area contributed by atoms with Crippen molar-refractivity contribution in [1.29, 1.82) is 0 Å². The average molecular weight is 200 g/mol. The van der Waals surface area contributed by atoms with E-state index in [1.54, 1.807) is 5.56 Å². The van der Waals surface area contributed by atoms with Crippen LogP contribution in [0.4, 0.5) is 0 Å². The lowest BCUT2D eigenvalue weighted by atomic mass is 9.92. The molecule has 0 bridgehead atoms. The van der Waals surface area contributed by atoms with Gasteiger partial charge in [-0.25, -0.2) is 0 Å². The van der Waals surface area contributed by atoms with Crippen molar-refractivity contribution in [3.05, 3.63) is 40.5 Å². The standard InChI is InChI=1S/C15H20/c1-4-5-6-13-7-8-14-9-11(2)12(3)10-15(13)14/h7-10,13H,4-6H2,1-3H3. The molecule has 1 aromatic rings. The molecule has 0 saturated carbocycles. The summed E-state index contributed by atoms with van der Waals surface area (Å²) >= 11 is 0. The van der Waals surface area contributed by atoms with Crippen molar-refractivity contribution in [2.75, 3.05) is 0 Å². The van der Waals surface area contributed by atoms with Crippen LogP contribution < -0.4 is 0 Å². The summed E-state index contributed by atoms with van der Waals surface area (Å²) in [4.78, 5) is 0. The Morgan fingerprint density at radius 3 is 2.60 bits per heavy atom. The maximum Gasteiger partial charge on any atom is 0.00273 e. The third-order valence-corrected chi connectivity index (χ3v) is 3.48. The predicted molar refractivity (Wildman–Crippen MR) is 67.2 cm³/mol. The Kier molecular flexibility index (Phi) is 2.95. The summed E-state index contributed by atoms with van der Waals surface area (Å²) in [6.07, 6.45) is 8.61. The Morgan fingerprint density at radius 2 is 1.87 bits per heavy atom. The van der Waals surface area contributed by atoms with Gasteiger partial charge in [-0.05, 0) is 42.5 Å². The first-order valence-electron chi connectivity index (χ1n) is 6.01. The third kappa shape index (κ3) is 1.99. The Bertz CT molecular complexity index is 385. The molecule has 80 valence electrons. The van der Waals surface area contributed by atoms with E-state index in [0.717, 1.165) is 0 Å². The molecule has 0 fully saturated rings. The van der Waals surface area contributed by atoms with Crippen molar-refractivity contribution in [3.8, 4) is 0 Å². The molecule has 0 saturated heterocycles. The van der Waals surface area contributed by atoms with Crippen LogP contribution in [0.25, 0.3) is 6.08 Å². The molecule has 1 aliphatic rings. The molecule has 0 heteroatoms. The van der Waals surface area contributed by atoms with Crippen LogP contribution in [0.1, 0.15) is 54.4 Å². The fourth-order valence-corrected chi connectivity index (χ4v) is 2.33. The van der Waals surface area contributed by atoms with Gasteiger partial charge in [0.1, 0.15) is 0 Å². The molecule has 15 heavy (non-hydrogen) atoms. The van der Waals surface area contributed by atoms with Gasteiger partial charge in [0.25, 0.3) is 0 Å². The number of hydrogen-bond acceptors (Lipinski definition) is 0. The summed E-state index contributed by atoms with van der Waals surface area (Å²) in [5.41, 5.74) is 5.83. The van der Waals surface area contributed by atoms with Gasteiger partial charge in [0.2, 0.25) is 0 Å². The minimum Gasteiger partial charge on any atom is -0.0764 e. The summed E-state index contributed by atoms with van der Waals surface area (Å²) in [7, 11) is 0. The first kappa shape index (κ1) is 10.5. The van der Waals surface area contributed by atoms with Gasteiger partial charge in [0.05, 0.1) is 0 Å². The Balaban J connectivity index is 2.26. The van der Waals surface area contributed by atoms with Crippen LogP contribution in [0.3, 0.4) is 0 Å². The van der Waals surface area contributed by atoms with Crippen molar-refractivity contribution >= 4 is 6.08 Å². The molecule has 0 radical (unpaired) electrons. The quantitative estimate of drug-likeness (QED) is 0.668. The van der Waals surface area contributed by atoms with Crippen LogP contribution in [0, 0.1) is 13.8 Å². The van der Waals surface area contributed by atoms with E-state index in [4.69, 9.17) is 0 Å². The van der Waals surface area contributed by atoms with E-state index < -0.39 is 0 Å². The fourth-order valence-electron chi connectivity index (χ4n) is 2.33. The highest BCUT2D eigenvalue weighted by atomic mass is 14.2. The van der Waals surface area contributed by atoms with E-state index in [9.17, 15) is 0 Å². The van der Waals surface area contributed by atoms with Crippen molar-refractivity contribution < 1.29 is 0 Å². The second-order valence-corrected chi connectivity index (χ2v) is 4.67. The minimum absolute atomic E-state index is 0.680. The number of rotatable bonds is 3. The molecule has 0 spiro atoms. The Labute approximate surface area is 93.0 Å². The predicted octanol–water partition coefficient (Wildman–Crippen LogP) is 4.60. The maximum atomic E-state index is 2.38. The zero-order valence-corrected chi connectivity index (χ0v) is 10.0. The van der Waals surface area contributed by atoms with Crippen LogP contribution in [0.15, 0.2) is 18.2 Å². The van der Waals surface area contributed by atoms with Gasteiger partial charge in [-0.1, -0.05) is 44.1 Å². The molecule has 2 rings (SSSR count). The monoisotopic (exact) mass is 200 g/mol. The smallest absolute Gasteiger partial charge is 0.00273 e. The molecule has 0 N–H and O–H groups in total. The van der Waals surface area contributed by atoms with Crippen LogP contribution in [-0.4, -0.2) is 0 Å². The SMILES string of the molecule is CCCCC1C=Cc2cc(C)c(C)cc21. The molecular weight excluding hydrogens is 180 g/mol. The lowest BCUT2D eigenvalue weighted by Gasteiger charge is -2.12. The van der Waals surface area contributed by atoms with Gasteiger partial charge in [-0.2, -0.15) is 0 Å². The lowest BCUT2D eigenvalue weighted by molar-refractivity contribution is 0.669. The van der Waals surface area contributed by atoms with Gasteiger partial charge >= 0.3 is 0 Å². The third-order valence-electron chi connectivity index (χ3n) is 3.48. The largest absolute Gasteiger partial charge is 0.0764 e. The van der Waals surface area contributed by atoms with Crippen LogP contribution in [0.5, 0.6) is 0 Å². The summed E-state index contributed by atoms with van der Waals surface area (Å²) in [5, 5.41) is 0. The first-order valence-corrected chi connectivity index (χ1v) is 6.01. The minimum atomic E-state index is 0.680. The molecule has 0 amide bonds. The highest BCUT2D eigenvalue weighted by Gasteiger charge is 2.17. The van der Waals surface area contributed by atoms with Crippen LogP contribution >= 0.6 is 0 Å². The highest BCUT2D eigenvalue weighted by Crippen LogP contribution is 2.35.